The molecule has 0 aliphatic rings. The highest BCUT2D eigenvalue weighted by molar-refractivity contribution is 8.00. The van der Waals surface area contributed by atoms with E-state index in [4.69, 9.17) is 4.74 Å². The topological polar surface area (TPSA) is 12.5 Å². The van der Waals surface area contributed by atoms with E-state index in [1.807, 2.05) is 39.5 Å². The van der Waals surface area contributed by atoms with Crippen molar-refractivity contribution in [2.24, 2.45) is 17.3 Å². The zero-order chi connectivity index (χ0) is 26.1. The Bertz CT molecular complexity index is 314. The van der Waals surface area contributed by atoms with Crippen LogP contribution in [0.2, 0.25) is 0 Å². The molecule has 2 nitrogen and oxygen atoms in total. The van der Waals surface area contributed by atoms with Gasteiger partial charge in [-0.05, 0) is 90.2 Å². The van der Waals surface area contributed by atoms with Crippen LogP contribution in [0, 0.1) is 17.3 Å². The maximum Gasteiger partial charge on any atom is 0.0522 e. The van der Waals surface area contributed by atoms with Crippen molar-refractivity contribution in [3.63, 3.8) is 0 Å². The highest BCUT2D eigenvalue weighted by Crippen LogP contribution is 2.33. The van der Waals surface area contributed by atoms with Crippen molar-refractivity contribution in [3.8, 4) is 0 Å². The van der Waals surface area contributed by atoms with E-state index < -0.39 is 0 Å². The van der Waals surface area contributed by atoms with E-state index in [-0.39, 0.29) is 0 Å². The van der Waals surface area contributed by atoms with Crippen LogP contribution in [0.5, 0.6) is 0 Å². The molecule has 0 saturated carbocycles. The van der Waals surface area contributed by atoms with Crippen LogP contribution in [0.15, 0.2) is 0 Å². The Labute approximate surface area is 205 Å². The van der Waals surface area contributed by atoms with E-state index in [1.54, 1.807) is 0 Å². The molecule has 0 radical (unpaired) electrons. The quantitative estimate of drug-likeness (QED) is 0.355. The van der Waals surface area contributed by atoms with Crippen LogP contribution in [0.4, 0.5) is 0 Å². The summed E-state index contributed by atoms with van der Waals surface area (Å²) in [5.41, 5.74) is 0.500. The van der Waals surface area contributed by atoms with E-state index in [1.165, 1.54) is 0 Å². The summed E-state index contributed by atoms with van der Waals surface area (Å²) in [6.07, 6.45) is 0.750. The second-order valence-electron chi connectivity index (χ2n) is 11.5. The van der Waals surface area contributed by atoms with E-state index >= 15 is 0 Å². The summed E-state index contributed by atoms with van der Waals surface area (Å²) in [5.74, 6) is 1.58. The molecular formula is C28H65NOS. The molecule has 3 heteroatoms. The zero-order valence-electron chi connectivity index (χ0n) is 25.4. The number of thioether (sulfide) groups is 1. The van der Waals surface area contributed by atoms with Crippen LogP contribution in [0.1, 0.15) is 125 Å². The first kappa shape index (κ1) is 38.5. The van der Waals surface area contributed by atoms with Gasteiger partial charge in [-0.15, -0.1) is 0 Å². The van der Waals surface area contributed by atoms with Crippen molar-refractivity contribution < 1.29 is 4.74 Å². The molecule has 0 aliphatic heterocycles. The minimum Gasteiger partial charge on any atom is -0.376 e. The molecule has 0 aromatic rings. The lowest BCUT2D eigenvalue weighted by molar-refractivity contribution is 0.0300. The average molecular weight is 464 g/mol. The molecule has 0 amide bonds. The molecule has 0 N–H and O–H groups in total. The molecular weight excluding hydrogens is 398 g/mol. The molecule has 0 unspecified atom stereocenters. The van der Waals surface area contributed by atoms with Gasteiger partial charge in [0.15, 0.2) is 0 Å². The Kier molecular flexibility index (Phi) is 25.9. The summed E-state index contributed by atoms with van der Waals surface area (Å²) in [6, 6.07) is 1.35. The van der Waals surface area contributed by atoms with Crippen LogP contribution in [0.3, 0.4) is 0 Å². The minimum absolute atomic E-state index is 0.375. The predicted molar refractivity (Wildman–Crippen MR) is 151 cm³/mol. The van der Waals surface area contributed by atoms with Gasteiger partial charge in [0.2, 0.25) is 0 Å². The Hall–Kier alpha value is 0.270. The third-order valence-electron chi connectivity index (χ3n) is 5.69. The number of hydrogen-bond acceptors (Lipinski definition) is 3. The minimum atomic E-state index is 0.375. The second-order valence-corrected chi connectivity index (χ2v) is 13.6. The van der Waals surface area contributed by atoms with Crippen molar-refractivity contribution in [3.05, 3.63) is 0 Å². The SMILES string of the molecule is CC(C)C(C)(C)C(C)C.CC(C)N(C)C(C)C.CC(C)OC(C)C.CC(C)SC(C)C. The number of hydrogen-bond donors (Lipinski definition) is 0. The lowest BCUT2D eigenvalue weighted by Crippen LogP contribution is -2.32. The van der Waals surface area contributed by atoms with E-state index in [0.717, 1.165) is 22.3 Å². The van der Waals surface area contributed by atoms with Gasteiger partial charge in [-0.3, -0.25) is 0 Å². The van der Waals surface area contributed by atoms with Gasteiger partial charge < -0.3 is 9.64 Å². The van der Waals surface area contributed by atoms with Crippen LogP contribution in [0.25, 0.3) is 0 Å². The molecule has 0 saturated heterocycles. The smallest absolute Gasteiger partial charge is 0.0522 e. The van der Waals surface area contributed by atoms with Gasteiger partial charge in [-0.2, -0.15) is 11.8 Å². The predicted octanol–water partition coefficient (Wildman–Crippen LogP) is 9.42. The molecule has 0 aromatic heterocycles. The first-order chi connectivity index (χ1) is 13.7. The fraction of sp³-hybridized carbons (Fsp3) is 1.00. The van der Waals surface area contributed by atoms with Crippen molar-refractivity contribution in [1.29, 1.82) is 0 Å². The summed E-state index contributed by atoms with van der Waals surface area (Å²) < 4.78 is 5.25. The van der Waals surface area contributed by atoms with Crippen molar-refractivity contribution in [2.75, 3.05) is 7.05 Å². The molecule has 0 rings (SSSR count). The van der Waals surface area contributed by atoms with Crippen LogP contribution < -0.4 is 0 Å². The third-order valence-corrected chi connectivity index (χ3v) is 6.78. The summed E-state index contributed by atoms with van der Waals surface area (Å²) in [7, 11) is 2.15. The van der Waals surface area contributed by atoms with Crippen LogP contribution in [-0.4, -0.2) is 46.7 Å². The van der Waals surface area contributed by atoms with Gasteiger partial charge >= 0.3 is 0 Å². The monoisotopic (exact) mass is 463 g/mol. The standard InChI is InChI=1S/C9H20.C7H17N.C6H14O.C6H14S/c1-7(2)9(5,6)8(3)4;1-6(2)8(5)7(3)4;2*1-5(2)7-6(3)4/h7-8H,1-6H3;6-7H,1-5H3;2*5-6H,1-4H3. The first-order valence-electron chi connectivity index (χ1n) is 12.7. The van der Waals surface area contributed by atoms with Gasteiger partial charge in [-0.1, -0.05) is 69.2 Å². The van der Waals surface area contributed by atoms with Crippen molar-refractivity contribution >= 4 is 11.8 Å². The van der Waals surface area contributed by atoms with E-state index in [9.17, 15) is 0 Å². The van der Waals surface area contributed by atoms with Gasteiger partial charge in [0.25, 0.3) is 0 Å². The number of nitrogens with zero attached hydrogens (tertiary/aromatic N) is 1. The van der Waals surface area contributed by atoms with Crippen LogP contribution >= 0.6 is 11.8 Å². The maximum atomic E-state index is 5.25. The Morgan fingerprint density at radius 2 is 0.806 bits per heavy atom. The second kappa shape index (κ2) is 20.8. The molecule has 31 heavy (non-hydrogen) atoms. The van der Waals surface area contributed by atoms with E-state index in [0.29, 0.717) is 29.7 Å². The highest BCUT2D eigenvalue weighted by atomic mass is 32.2. The number of ether oxygens (including phenoxy) is 1. The number of rotatable bonds is 8. The maximum absolute atomic E-state index is 5.25. The molecule has 0 aliphatic carbocycles. The summed E-state index contributed by atoms with van der Waals surface area (Å²) >= 11 is 2.01. The Morgan fingerprint density at radius 3 is 0.806 bits per heavy atom. The molecule has 194 valence electrons. The van der Waals surface area contributed by atoms with Crippen LogP contribution in [-0.2, 0) is 4.74 Å². The molecule has 0 atom stereocenters. The third kappa shape index (κ3) is 30.3. The van der Waals surface area contributed by atoms with Gasteiger partial charge in [-0.25, -0.2) is 0 Å². The average Bonchev–Trinajstić information content (AvgIpc) is 2.52. The summed E-state index contributed by atoms with van der Waals surface area (Å²) in [5, 5.41) is 1.58. The molecule has 0 spiro atoms. The first-order valence-corrected chi connectivity index (χ1v) is 13.7. The summed E-state index contributed by atoms with van der Waals surface area (Å²) in [6.45, 7) is 39.7. The Balaban J connectivity index is -0.000000158. The largest absolute Gasteiger partial charge is 0.376 e. The van der Waals surface area contributed by atoms with Gasteiger partial charge in [0.1, 0.15) is 0 Å². The van der Waals surface area contributed by atoms with Gasteiger partial charge in [0.05, 0.1) is 12.2 Å². The highest BCUT2D eigenvalue weighted by Gasteiger charge is 2.25. The Morgan fingerprint density at radius 1 is 0.548 bits per heavy atom. The molecule has 0 heterocycles. The lowest BCUT2D eigenvalue weighted by atomic mass is 9.72. The van der Waals surface area contributed by atoms with Crippen molar-refractivity contribution in [1.82, 2.24) is 4.90 Å². The lowest BCUT2D eigenvalue weighted by Gasteiger charge is -2.33. The fourth-order valence-corrected chi connectivity index (χ4v) is 3.44. The fourth-order valence-electron chi connectivity index (χ4n) is 2.35. The zero-order valence-corrected chi connectivity index (χ0v) is 26.2. The van der Waals surface area contributed by atoms with Crippen molar-refractivity contribution in [2.45, 2.75) is 159 Å². The van der Waals surface area contributed by atoms with Gasteiger partial charge in [0, 0.05) is 12.1 Å². The molecule has 0 bridgehead atoms. The normalized spacial score (nSPS) is 12.0. The molecule has 0 aromatic carbocycles. The molecule has 0 fully saturated rings. The summed E-state index contributed by atoms with van der Waals surface area (Å²) in [4.78, 5) is 2.33. The van der Waals surface area contributed by atoms with E-state index in [2.05, 4.69) is 109 Å².